The van der Waals surface area contributed by atoms with Gasteiger partial charge in [0.25, 0.3) is 5.56 Å². The Hall–Kier alpha value is -1.26. The lowest BCUT2D eigenvalue weighted by Crippen LogP contribution is -2.18. The van der Waals surface area contributed by atoms with Crippen LogP contribution in [-0.2, 0) is 7.05 Å². The average Bonchev–Trinajstić information content (AvgIpc) is 2.38. The van der Waals surface area contributed by atoms with E-state index in [0.29, 0.717) is 16.1 Å². The largest absolute Gasteiger partial charge is 0.494 e. The molecule has 0 fully saturated rings. The lowest BCUT2D eigenvalue weighted by atomic mass is 10.1. The van der Waals surface area contributed by atoms with Crippen molar-refractivity contribution in [3.63, 3.8) is 0 Å². The lowest BCUT2D eigenvalue weighted by molar-refractivity contribution is 0.340. The van der Waals surface area contributed by atoms with Crippen molar-refractivity contribution < 1.29 is 4.74 Å². The predicted molar refractivity (Wildman–Crippen MR) is 81.0 cm³/mol. The van der Waals surface area contributed by atoms with Gasteiger partial charge in [0.2, 0.25) is 0 Å². The Balaban J connectivity index is 2.54. The van der Waals surface area contributed by atoms with E-state index in [-0.39, 0.29) is 5.56 Å². The summed E-state index contributed by atoms with van der Waals surface area (Å²) in [5, 5.41) is 0.559. The normalized spacial score (nSPS) is 10.5. The zero-order chi connectivity index (χ0) is 14.0. The molecule has 0 N–H and O–H groups in total. The Morgan fingerprint density at radius 1 is 1.32 bits per heavy atom. The van der Waals surface area contributed by atoms with E-state index in [9.17, 15) is 4.79 Å². The van der Waals surface area contributed by atoms with E-state index in [1.807, 2.05) is 25.1 Å². The molecule has 1 aromatic carbocycles. The van der Waals surface area contributed by atoms with Crippen LogP contribution in [0.2, 0.25) is 5.02 Å². The molecule has 0 spiro atoms. The van der Waals surface area contributed by atoms with Gasteiger partial charge < -0.3 is 9.30 Å². The van der Waals surface area contributed by atoms with E-state index in [2.05, 4.69) is 15.9 Å². The van der Waals surface area contributed by atoms with Crippen LogP contribution < -0.4 is 10.3 Å². The summed E-state index contributed by atoms with van der Waals surface area (Å²) < 4.78 is 7.48. The molecule has 0 bridgehead atoms. The molecule has 0 amide bonds. The van der Waals surface area contributed by atoms with Crippen LogP contribution in [0.25, 0.3) is 11.3 Å². The second kappa shape index (κ2) is 5.80. The fourth-order valence-electron chi connectivity index (χ4n) is 1.84. The number of rotatable bonds is 3. The fourth-order valence-corrected chi connectivity index (χ4v) is 2.50. The average molecular weight is 343 g/mol. The molecule has 0 radical (unpaired) electrons. The molecule has 3 nitrogen and oxygen atoms in total. The number of aromatic nitrogens is 1. The molecule has 100 valence electrons. The standard InChI is InChI=1S/C14H13BrClNO2/c1-3-19-9-4-5-10(12(16)8-9)13-7-6-11(15)14(18)17(13)2/h4-8H,3H2,1-2H3. The van der Waals surface area contributed by atoms with Crippen molar-refractivity contribution in [2.45, 2.75) is 6.92 Å². The molecule has 5 heteroatoms. The van der Waals surface area contributed by atoms with Crippen LogP contribution in [-0.4, -0.2) is 11.2 Å². The molecule has 0 saturated heterocycles. The van der Waals surface area contributed by atoms with Crippen molar-refractivity contribution in [1.29, 1.82) is 0 Å². The molecule has 0 aliphatic carbocycles. The summed E-state index contributed by atoms with van der Waals surface area (Å²) in [7, 11) is 1.72. The SMILES string of the molecule is CCOc1ccc(-c2ccc(Br)c(=O)n2C)c(Cl)c1. The lowest BCUT2D eigenvalue weighted by Gasteiger charge is -2.11. The molecule has 0 atom stereocenters. The maximum Gasteiger partial charge on any atom is 0.265 e. The highest BCUT2D eigenvalue weighted by molar-refractivity contribution is 9.10. The van der Waals surface area contributed by atoms with Crippen LogP contribution in [0.5, 0.6) is 5.75 Å². The van der Waals surface area contributed by atoms with E-state index in [1.54, 1.807) is 23.7 Å². The summed E-state index contributed by atoms with van der Waals surface area (Å²) in [4.78, 5) is 11.9. The predicted octanol–water partition coefficient (Wildman–Crippen LogP) is 3.87. The highest BCUT2D eigenvalue weighted by Crippen LogP contribution is 2.30. The molecule has 1 aromatic heterocycles. The van der Waals surface area contributed by atoms with E-state index in [4.69, 9.17) is 16.3 Å². The highest BCUT2D eigenvalue weighted by Gasteiger charge is 2.10. The molecule has 19 heavy (non-hydrogen) atoms. The maximum atomic E-state index is 11.9. The Morgan fingerprint density at radius 2 is 2.05 bits per heavy atom. The van der Waals surface area contributed by atoms with Crippen molar-refractivity contribution in [1.82, 2.24) is 4.57 Å². The summed E-state index contributed by atoms with van der Waals surface area (Å²) in [6.07, 6.45) is 0. The third-order valence-electron chi connectivity index (χ3n) is 2.79. The van der Waals surface area contributed by atoms with Gasteiger partial charge in [0.05, 0.1) is 21.8 Å². The van der Waals surface area contributed by atoms with Crippen LogP contribution >= 0.6 is 27.5 Å². The summed E-state index contributed by atoms with van der Waals surface area (Å²) in [6, 6.07) is 9.04. The molecule has 0 aliphatic rings. The number of hydrogen-bond donors (Lipinski definition) is 0. The van der Waals surface area contributed by atoms with Crippen LogP contribution in [0.15, 0.2) is 39.6 Å². The van der Waals surface area contributed by atoms with Crippen LogP contribution in [0, 0.1) is 0 Å². The first kappa shape index (κ1) is 14.2. The van der Waals surface area contributed by atoms with E-state index in [0.717, 1.165) is 17.0 Å². The Morgan fingerprint density at radius 3 is 2.68 bits per heavy atom. The van der Waals surface area contributed by atoms with Crippen molar-refractivity contribution in [3.05, 3.63) is 50.2 Å². The third kappa shape index (κ3) is 2.85. The number of hydrogen-bond acceptors (Lipinski definition) is 2. The number of benzene rings is 1. The molecule has 1 heterocycles. The number of pyridine rings is 1. The van der Waals surface area contributed by atoms with Crippen LogP contribution in [0.4, 0.5) is 0 Å². The van der Waals surface area contributed by atoms with Gasteiger partial charge in [-0.15, -0.1) is 0 Å². The van der Waals surface area contributed by atoms with Gasteiger partial charge in [0.15, 0.2) is 0 Å². The summed E-state index contributed by atoms with van der Waals surface area (Å²) in [5.74, 6) is 0.721. The van der Waals surface area contributed by atoms with E-state index in [1.165, 1.54) is 0 Å². The molecular formula is C14H13BrClNO2. The van der Waals surface area contributed by atoms with Crippen LogP contribution in [0.3, 0.4) is 0 Å². The number of nitrogens with zero attached hydrogens (tertiary/aromatic N) is 1. The van der Waals surface area contributed by atoms with Crippen molar-refractivity contribution in [2.75, 3.05) is 6.61 Å². The molecule has 2 aromatic rings. The van der Waals surface area contributed by atoms with Crippen molar-refractivity contribution in [2.24, 2.45) is 7.05 Å². The zero-order valence-electron chi connectivity index (χ0n) is 10.6. The second-order valence-electron chi connectivity index (χ2n) is 4.01. The van der Waals surface area contributed by atoms with Crippen LogP contribution in [0.1, 0.15) is 6.92 Å². The van der Waals surface area contributed by atoms with E-state index < -0.39 is 0 Å². The minimum absolute atomic E-state index is 0.0950. The number of ether oxygens (including phenoxy) is 1. The summed E-state index contributed by atoms with van der Waals surface area (Å²) >= 11 is 9.47. The first-order chi connectivity index (χ1) is 9.04. The summed E-state index contributed by atoms with van der Waals surface area (Å²) in [6.45, 7) is 2.51. The number of halogens is 2. The Bertz CT molecular complexity index is 667. The summed E-state index contributed by atoms with van der Waals surface area (Å²) in [5.41, 5.74) is 1.47. The van der Waals surface area contributed by atoms with Gasteiger partial charge in [-0.2, -0.15) is 0 Å². The van der Waals surface area contributed by atoms with Gasteiger partial charge in [-0.3, -0.25) is 4.79 Å². The zero-order valence-corrected chi connectivity index (χ0v) is 13.0. The first-order valence-corrected chi connectivity index (χ1v) is 7.00. The molecule has 0 saturated carbocycles. The molecule has 0 aliphatic heterocycles. The Kier molecular flexibility index (Phi) is 4.32. The third-order valence-corrected chi connectivity index (χ3v) is 3.70. The highest BCUT2D eigenvalue weighted by atomic mass is 79.9. The molecule has 0 unspecified atom stereocenters. The van der Waals surface area contributed by atoms with E-state index >= 15 is 0 Å². The monoisotopic (exact) mass is 341 g/mol. The smallest absolute Gasteiger partial charge is 0.265 e. The van der Waals surface area contributed by atoms with Gasteiger partial charge in [-0.25, -0.2) is 0 Å². The Labute approximate surface area is 124 Å². The maximum absolute atomic E-state index is 11.9. The van der Waals surface area contributed by atoms with Crippen molar-refractivity contribution in [3.8, 4) is 17.0 Å². The van der Waals surface area contributed by atoms with Gasteiger partial charge in [-0.1, -0.05) is 11.6 Å². The minimum atomic E-state index is -0.0950. The quantitative estimate of drug-likeness (QED) is 0.848. The molecule has 2 rings (SSSR count). The van der Waals surface area contributed by atoms with Gasteiger partial charge in [-0.05, 0) is 53.2 Å². The second-order valence-corrected chi connectivity index (χ2v) is 5.27. The van der Waals surface area contributed by atoms with Gasteiger partial charge in [0, 0.05) is 12.6 Å². The fraction of sp³-hybridized carbons (Fsp3) is 0.214. The molecular weight excluding hydrogens is 330 g/mol. The van der Waals surface area contributed by atoms with Gasteiger partial charge >= 0.3 is 0 Å². The topological polar surface area (TPSA) is 31.2 Å². The van der Waals surface area contributed by atoms with Crippen molar-refractivity contribution >= 4 is 27.5 Å². The first-order valence-electron chi connectivity index (χ1n) is 5.83. The van der Waals surface area contributed by atoms with Gasteiger partial charge in [0.1, 0.15) is 5.75 Å². The minimum Gasteiger partial charge on any atom is -0.494 e.